The van der Waals surface area contributed by atoms with E-state index in [9.17, 15) is 5.11 Å². The van der Waals surface area contributed by atoms with Crippen molar-refractivity contribution < 1.29 is 5.11 Å². The fraction of sp³-hybridized carbons (Fsp3) is 0.143. The molecule has 18 heavy (non-hydrogen) atoms. The van der Waals surface area contributed by atoms with Crippen molar-refractivity contribution in [3.05, 3.63) is 54.1 Å². The van der Waals surface area contributed by atoms with Gasteiger partial charge in [-0.2, -0.15) is 4.80 Å². The van der Waals surface area contributed by atoms with Crippen LogP contribution in [0.5, 0.6) is 0 Å². The number of allylic oxidation sites excluding steroid dienone is 2. The zero-order valence-electron chi connectivity index (χ0n) is 10.0. The van der Waals surface area contributed by atoms with E-state index in [1.165, 1.54) is 4.80 Å². The molecule has 0 saturated carbocycles. The van der Waals surface area contributed by atoms with E-state index in [2.05, 4.69) is 16.8 Å². The number of hydrogen-bond donors (Lipinski definition) is 1. The van der Waals surface area contributed by atoms with Gasteiger partial charge in [0.15, 0.2) is 0 Å². The molecule has 1 aliphatic rings. The van der Waals surface area contributed by atoms with Gasteiger partial charge in [-0.05, 0) is 36.3 Å². The zero-order valence-corrected chi connectivity index (χ0v) is 10.0. The first kappa shape index (κ1) is 10.9. The predicted molar refractivity (Wildman–Crippen MR) is 70.7 cm³/mol. The highest BCUT2D eigenvalue weighted by atomic mass is 16.3. The molecule has 1 atom stereocenters. The van der Waals surface area contributed by atoms with Crippen molar-refractivity contribution in [2.75, 3.05) is 0 Å². The lowest BCUT2D eigenvalue weighted by Crippen LogP contribution is -2.20. The van der Waals surface area contributed by atoms with Gasteiger partial charge in [-0.25, -0.2) is 0 Å². The van der Waals surface area contributed by atoms with Crippen LogP contribution in [0.25, 0.3) is 16.7 Å². The zero-order chi connectivity index (χ0) is 12.7. The Balaban J connectivity index is 2.14. The van der Waals surface area contributed by atoms with Crippen LogP contribution in [-0.2, 0) is 0 Å². The Hall–Kier alpha value is -2.20. The Morgan fingerprint density at radius 1 is 1.17 bits per heavy atom. The second-order valence-corrected chi connectivity index (χ2v) is 4.41. The van der Waals surface area contributed by atoms with E-state index in [1.807, 2.05) is 43.3 Å². The van der Waals surface area contributed by atoms with Crippen molar-refractivity contribution in [1.82, 2.24) is 15.0 Å². The molecule has 4 heteroatoms. The molecule has 4 nitrogen and oxygen atoms in total. The maximum absolute atomic E-state index is 10.1. The number of aliphatic hydroxyl groups excluding tert-OH is 1. The molecule has 1 aromatic carbocycles. The number of fused-ring (bicyclic) bond motifs is 1. The number of aliphatic hydroxyl groups is 1. The first-order valence-corrected chi connectivity index (χ1v) is 5.74. The molecule has 3 rings (SSSR count). The highest BCUT2D eigenvalue weighted by Crippen LogP contribution is 2.24. The molecule has 0 aliphatic heterocycles. The monoisotopic (exact) mass is 239 g/mol. The first-order chi connectivity index (χ1) is 8.65. The molecule has 0 radical (unpaired) electrons. The second-order valence-electron chi connectivity index (χ2n) is 4.41. The molecule has 0 amide bonds. The first-order valence-electron chi connectivity index (χ1n) is 5.74. The van der Waals surface area contributed by atoms with Gasteiger partial charge in [-0.3, -0.25) is 0 Å². The van der Waals surface area contributed by atoms with Crippen LogP contribution >= 0.6 is 0 Å². The Morgan fingerprint density at radius 3 is 2.39 bits per heavy atom. The standard InChI is InChI=1S/C14H13N3O/c1-9-7-10(2)14(18)13(8-9)17-15-11-5-3-4-6-12(11)16-17/h3-8,14,18H,2H2,1H3. The highest BCUT2D eigenvalue weighted by Gasteiger charge is 2.21. The van der Waals surface area contributed by atoms with E-state index in [4.69, 9.17) is 0 Å². The fourth-order valence-electron chi connectivity index (χ4n) is 2.06. The summed E-state index contributed by atoms with van der Waals surface area (Å²) < 4.78 is 0. The minimum absolute atomic E-state index is 0.635. The van der Waals surface area contributed by atoms with E-state index in [-0.39, 0.29) is 0 Å². The average molecular weight is 239 g/mol. The topological polar surface area (TPSA) is 50.9 Å². The minimum Gasteiger partial charge on any atom is -0.382 e. The summed E-state index contributed by atoms with van der Waals surface area (Å²) in [6, 6.07) is 7.62. The van der Waals surface area contributed by atoms with Crippen molar-refractivity contribution in [3.63, 3.8) is 0 Å². The molecule has 2 aromatic rings. The van der Waals surface area contributed by atoms with Crippen molar-refractivity contribution >= 4 is 16.7 Å². The van der Waals surface area contributed by atoms with Gasteiger partial charge >= 0.3 is 0 Å². The van der Waals surface area contributed by atoms with Crippen molar-refractivity contribution in [3.8, 4) is 0 Å². The summed E-state index contributed by atoms with van der Waals surface area (Å²) in [7, 11) is 0. The van der Waals surface area contributed by atoms with Crippen LogP contribution in [0.2, 0.25) is 0 Å². The summed E-state index contributed by atoms with van der Waals surface area (Å²) in [6.07, 6.45) is 2.98. The molecule has 1 aromatic heterocycles. The summed E-state index contributed by atoms with van der Waals surface area (Å²) in [5.74, 6) is 0. The molecule has 1 unspecified atom stereocenters. The number of nitrogens with zero attached hydrogens (tertiary/aromatic N) is 3. The summed E-state index contributed by atoms with van der Waals surface area (Å²) >= 11 is 0. The SMILES string of the molecule is C=C1C=C(C)C=C(n2nc3ccccc3n2)C1O. The largest absolute Gasteiger partial charge is 0.382 e. The Labute approximate surface area is 105 Å². The maximum atomic E-state index is 10.1. The molecule has 1 heterocycles. The van der Waals surface area contributed by atoms with Gasteiger partial charge in [0.05, 0.1) is 5.70 Å². The molecule has 0 saturated heterocycles. The Kier molecular flexibility index (Phi) is 2.38. The van der Waals surface area contributed by atoms with Crippen molar-refractivity contribution in [2.24, 2.45) is 0 Å². The van der Waals surface area contributed by atoms with Gasteiger partial charge in [0.2, 0.25) is 0 Å². The molecular formula is C14H13N3O. The average Bonchev–Trinajstić information content (AvgIpc) is 2.77. The third kappa shape index (κ3) is 1.67. The summed E-state index contributed by atoms with van der Waals surface area (Å²) in [5, 5.41) is 18.8. The summed E-state index contributed by atoms with van der Waals surface area (Å²) in [4.78, 5) is 1.48. The third-order valence-corrected chi connectivity index (χ3v) is 2.94. The molecule has 0 bridgehead atoms. The van der Waals surface area contributed by atoms with Crippen LogP contribution in [0, 0.1) is 0 Å². The molecular weight excluding hydrogens is 226 g/mol. The highest BCUT2D eigenvalue weighted by molar-refractivity contribution is 5.75. The van der Waals surface area contributed by atoms with Gasteiger partial charge in [0, 0.05) is 0 Å². The summed E-state index contributed by atoms with van der Waals surface area (Å²) in [6.45, 7) is 5.80. The Morgan fingerprint density at radius 2 is 1.78 bits per heavy atom. The van der Waals surface area contributed by atoms with Crippen LogP contribution < -0.4 is 0 Å². The molecule has 0 spiro atoms. The van der Waals surface area contributed by atoms with E-state index in [0.717, 1.165) is 16.6 Å². The smallest absolute Gasteiger partial charge is 0.122 e. The van der Waals surface area contributed by atoms with E-state index in [1.54, 1.807) is 0 Å². The predicted octanol–water partition coefficient (Wildman–Crippen LogP) is 2.15. The van der Waals surface area contributed by atoms with Gasteiger partial charge < -0.3 is 5.11 Å². The molecule has 90 valence electrons. The van der Waals surface area contributed by atoms with Crippen LogP contribution in [0.15, 0.2) is 54.1 Å². The lowest BCUT2D eigenvalue weighted by Gasteiger charge is -2.19. The van der Waals surface area contributed by atoms with Crippen LogP contribution in [0.4, 0.5) is 0 Å². The molecule has 0 fully saturated rings. The van der Waals surface area contributed by atoms with E-state index < -0.39 is 6.10 Å². The van der Waals surface area contributed by atoms with Gasteiger partial charge in [0.25, 0.3) is 0 Å². The number of rotatable bonds is 1. The normalized spacial score (nSPS) is 19.9. The van der Waals surface area contributed by atoms with E-state index in [0.29, 0.717) is 11.3 Å². The second kappa shape index (κ2) is 3.92. The Bertz CT molecular complexity index is 661. The van der Waals surface area contributed by atoms with Crippen LogP contribution in [0.3, 0.4) is 0 Å². The lowest BCUT2D eigenvalue weighted by atomic mass is 9.99. The van der Waals surface area contributed by atoms with Gasteiger partial charge in [-0.1, -0.05) is 24.8 Å². The van der Waals surface area contributed by atoms with Crippen molar-refractivity contribution in [1.29, 1.82) is 0 Å². The van der Waals surface area contributed by atoms with Gasteiger partial charge in [0.1, 0.15) is 17.1 Å². The number of hydrogen-bond acceptors (Lipinski definition) is 3. The third-order valence-electron chi connectivity index (χ3n) is 2.94. The maximum Gasteiger partial charge on any atom is 0.122 e. The fourth-order valence-corrected chi connectivity index (χ4v) is 2.06. The molecule has 1 aliphatic carbocycles. The van der Waals surface area contributed by atoms with Crippen molar-refractivity contribution in [2.45, 2.75) is 13.0 Å². The molecule has 1 N–H and O–H groups in total. The van der Waals surface area contributed by atoms with Gasteiger partial charge in [-0.15, -0.1) is 10.2 Å². The number of aromatic nitrogens is 3. The summed E-state index contributed by atoms with van der Waals surface area (Å²) in [5.41, 5.74) is 3.94. The van der Waals surface area contributed by atoms with Crippen LogP contribution in [-0.4, -0.2) is 26.2 Å². The lowest BCUT2D eigenvalue weighted by molar-refractivity contribution is 0.261. The van der Waals surface area contributed by atoms with Crippen LogP contribution in [0.1, 0.15) is 6.92 Å². The number of benzene rings is 1. The van der Waals surface area contributed by atoms with E-state index >= 15 is 0 Å². The quantitative estimate of drug-likeness (QED) is 0.829. The minimum atomic E-state index is -0.754.